The summed E-state index contributed by atoms with van der Waals surface area (Å²) in [5, 5.41) is 29.6. The van der Waals surface area contributed by atoms with Gasteiger partial charge in [0.15, 0.2) is 0 Å². The molecule has 0 atom stereocenters. The van der Waals surface area contributed by atoms with Gasteiger partial charge in [0.25, 0.3) is 0 Å². The van der Waals surface area contributed by atoms with Crippen molar-refractivity contribution in [1.29, 1.82) is 0 Å². The Hall–Kier alpha value is -1.32. The van der Waals surface area contributed by atoms with Crippen molar-refractivity contribution >= 4 is 45.0 Å². The molecule has 0 aromatic rings. The number of hydrogen-bond acceptors (Lipinski definition) is 4. The van der Waals surface area contributed by atoms with Crippen LogP contribution in [-0.4, -0.2) is 65.4 Å². The van der Waals surface area contributed by atoms with Crippen LogP contribution in [0.3, 0.4) is 0 Å². The minimum atomic E-state index is -1.82. The number of aliphatic carboxylic acids is 4. The van der Waals surface area contributed by atoms with E-state index in [0.717, 1.165) is 0 Å². The second kappa shape index (κ2) is 18.7. The smallest absolute Gasteiger partial charge is 0.414 e. The van der Waals surface area contributed by atoms with E-state index in [-0.39, 0.29) is 21.1 Å². The number of unbranched alkanes of at least 4 members (excludes halogenated alkanes) is 2. The molecule has 0 aliphatic rings. The normalized spacial score (nSPS) is 8.48. The molecule has 0 fully saturated rings. The van der Waals surface area contributed by atoms with Gasteiger partial charge in [0.1, 0.15) is 0 Å². The van der Waals surface area contributed by atoms with Crippen molar-refractivity contribution in [3.8, 4) is 0 Å². The van der Waals surface area contributed by atoms with Gasteiger partial charge in [0.05, 0.1) is 0 Å². The molecule has 0 saturated carbocycles. The summed E-state index contributed by atoms with van der Waals surface area (Å²) in [7, 11) is 0. The van der Waals surface area contributed by atoms with E-state index in [0.29, 0.717) is 0 Å². The zero-order valence-corrected chi connectivity index (χ0v) is 15.0. The number of carboxylic acid groups (broad SMARTS) is 4. The first-order valence-electron chi connectivity index (χ1n) is 6.33. The SMILES string of the molecule is CCC[CH2][Sn][CH2]CCC.O=C(O)C(=O)O.O=C(O)C(=O)O. The fourth-order valence-corrected chi connectivity index (χ4v) is 4.89. The molecule has 2 radical (unpaired) electrons. The molecule has 0 heterocycles. The van der Waals surface area contributed by atoms with E-state index in [1.165, 1.54) is 25.7 Å². The van der Waals surface area contributed by atoms with Crippen LogP contribution in [0.2, 0.25) is 8.87 Å². The third-order valence-electron chi connectivity index (χ3n) is 1.78. The van der Waals surface area contributed by atoms with Crippen LogP contribution < -0.4 is 0 Å². The van der Waals surface area contributed by atoms with Crippen LogP contribution in [0.25, 0.3) is 0 Å². The first-order chi connectivity index (χ1) is 9.70. The second-order valence-electron chi connectivity index (χ2n) is 3.68. The molecule has 0 aromatic carbocycles. The summed E-state index contributed by atoms with van der Waals surface area (Å²) in [6, 6.07) is 0. The van der Waals surface area contributed by atoms with Crippen LogP contribution in [0.1, 0.15) is 39.5 Å². The molecule has 0 saturated heterocycles. The fraction of sp³-hybridized carbons (Fsp3) is 0.667. The van der Waals surface area contributed by atoms with E-state index in [1.807, 2.05) is 0 Å². The second-order valence-corrected chi connectivity index (χ2v) is 7.96. The van der Waals surface area contributed by atoms with Crippen molar-refractivity contribution in [3.63, 3.8) is 0 Å². The maximum atomic E-state index is 9.10. The topological polar surface area (TPSA) is 149 Å². The summed E-state index contributed by atoms with van der Waals surface area (Å²) in [5.74, 6) is -7.30. The standard InChI is InChI=1S/2C4H9.2C2H2O4.Sn/c2*1-3-4-2;2*3-1(4)2(5)6;/h2*1,3-4H2,2H3;2*(H,3,4)(H,5,6);. The van der Waals surface area contributed by atoms with Crippen LogP contribution in [-0.2, 0) is 19.2 Å². The Morgan fingerprint density at radius 2 is 0.905 bits per heavy atom. The van der Waals surface area contributed by atoms with E-state index in [4.69, 9.17) is 39.6 Å². The summed E-state index contributed by atoms with van der Waals surface area (Å²) < 4.78 is 3.25. The van der Waals surface area contributed by atoms with Crippen LogP contribution in [0.5, 0.6) is 0 Å². The Bertz CT molecular complexity index is 262. The van der Waals surface area contributed by atoms with E-state index >= 15 is 0 Å². The van der Waals surface area contributed by atoms with Crippen LogP contribution >= 0.6 is 0 Å². The van der Waals surface area contributed by atoms with Gasteiger partial charge in [-0.25, -0.2) is 19.2 Å². The van der Waals surface area contributed by atoms with Crippen LogP contribution in [0, 0.1) is 0 Å². The monoisotopic (exact) mass is 414 g/mol. The molecule has 21 heavy (non-hydrogen) atoms. The molecule has 0 unspecified atom stereocenters. The van der Waals surface area contributed by atoms with Crippen molar-refractivity contribution in [1.82, 2.24) is 0 Å². The molecule has 8 nitrogen and oxygen atoms in total. The minimum Gasteiger partial charge on any atom is -0.473 e. The Balaban J connectivity index is -0.000000240. The third kappa shape index (κ3) is 32.3. The van der Waals surface area contributed by atoms with Gasteiger partial charge in [-0.3, -0.25) is 0 Å². The Morgan fingerprint density at radius 1 is 0.667 bits per heavy atom. The Kier molecular flexibility index (Phi) is 22.0. The van der Waals surface area contributed by atoms with E-state index < -0.39 is 23.9 Å². The van der Waals surface area contributed by atoms with Gasteiger partial charge in [0, 0.05) is 0 Å². The van der Waals surface area contributed by atoms with E-state index in [1.54, 1.807) is 8.87 Å². The van der Waals surface area contributed by atoms with Crippen molar-refractivity contribution in [2.75, 3.05) is 0 Å². The minimum absolute atomic E-state index is 0.149. The van der Waals surface area contributed by atoms with E-state index in [9.17, 15) is 0 Å². The molecule has 0 aromatic heterocycles. The molecule has 9 heteroatoms. The summed E-state index contributed by atoms with van der Waals surface area (Å²) in [5.41, 5.74) is 0. The van der Waals surface area contributed by atoms with Crippen molar-refractivity contribution in [2.24, 2.45) is 0 Å². The summed E-state index contributed by atoms with van der Waals surface area (Å²) in [4.78, 5) is 36.4. The first kappa shape index (κ1) is 24.7. The third-order valence-corrected chi connectivity index (χ3v) is 5.82. The van der Waals surface area contributed by atoms with Gasteiger partial charge >= 0.3 is 93.4 Å². The maximum Gasteiger partial charge on any atom is 0.414 e. The van der Waals surface area contributed by atoms with Crippen LogP contribution in [0.15, 0.2) is 0 Å². The van der Waals surface area contributed by atoms with Gasteiger partial charge in [-0.1, -0.05) is 0 Å². The van der Waals surface area contributed by atoms with Gasteiger partial charge in [-0.2, -0.15) is 0 Å². The molecule has 4 N–H and O–H groups in total. The zero-order valence-electron chi connectivity index (χ0n) is 12.2. The maximum absolute atomic E-state index is 9.10. The van der Waals surface area contributed by atoms with Crippen LogP contribution in [0.4, 0.5) is 0 Å². The Labute approximate surface area is 133 Å². The number of carbonyl (C=O) groups is 4. The summed E-state index contributed by atoms with van der Waals surface area (Å²) >= 11 is 0.149. The molecule has 0 rings (SSSR count). The van der Waals surface area contributed by atoms with Gasteiger partial charge < -0.3 is 20.4 Å². The number of rotatable bonds is 6. The molecular formula is C12H22O8Sn. The summed E-state index contributed by atoms with van der Waals surface area (Å²) in [6.45, 7) is 4.58. The average molecular weight is 413 g/mol. The quantitative estimate of drug-likeness (QED) is 0.290. The number of hydrogen-bond donors (Lipinski definition) is 4. The van der Waals surface area contributed by atoms with Gasteiger partial charge in [-0.05, 0) is 0 Å². The van der Waals surface area contributed by atoms with E-state index in [2.05, 4.69) is 13.8 Å². The molecule has 122 valence electrons. The molecular weight excluding hydrogens is 391 g/mol. The first-order valence-corrected chi connectivity index (χ1v) is 10.4. The molecule has 0 aliphatic heterocycles. The zero-order chi connectivity index (χ0) is 17.3. The van der Waals surface area contributed by atoms with Gasteiger partial charge in [0.2, 0.25) is 0 Å². The fourth-order valence-electron chi connectivity index (χ4n) is 0.729. The number of carboxylic acids is 4. The summed E-state index contributed by atoms with van der Waals surface area (Å²) in [6.07, 6.45) is 5.84. The van der Waals surface area contributed by atoms with Gasteiger partial charge in [-0.15, -0.1) is 0 Å². The molecule has 0 spiro atoms. The molecule has 0 aliphatic carbocycles. The largest absolute Gasteiger partial charge is 0.473 e. The Morgan fingerprint density at radius 3 is 1.05 bits per heavy atom. The average Bonchev–Trinajstić information content (AvgIpc) is 2.40. The molecule has 0 amide bonds. The van der Waals surface area contributed by atoms with Crippen molar-refractivity contribution in [3.05, 3.63) is 0 Å². The predicted molar refractivity (Wildman–Crippen MR) is 75.7 cm³/mol. The van der Waals surface area contributed by atoms with Crippen molar-refractivity contribution in [2.45, 2.75) is 48.4 Å². The van der Waals surface area contributed by atoms with Crippen molar-refractivity contribution < 1.29 is 39.6 Å². The predicted octanol–water partition coefficient (Wildman–Crippen LogP) is 1.44. The molecule has 0 bridgehead atoms.